The van der Waals surface area contributed by atoms with Gasteiger partial charge in [0.2, 0.25) is 5.91 Å². The van der Waals surface area contributed by atoms with Gasteiger partial charge in [-0.1, -0.05) is 24.3 Å². The van der Waals surface area contributed by atoms with Crippen molar-refractivity contribution in [3.8, 4) is 0 Å². The maximum absolute atomic E-state index is 12.4. The Morgan fingerprint density at radius 1 is 1.27 bits per heavy atom. The fourth-order valence-electron chi connectivity index (χ4n) is 2.55. The minimum Gasteiger partial charge on any atom is -0.344 e. The second kappa shape index (κ2) is 6.65. The molecule has 1 aliphatic rings. The van der Waals surface area contributed by atoms with Gasteiger partial charge in [0.05, 0.1) is 6.04 Å². The average Bonchev–Trinajstić information content (AvgIpc) is 3.09. The molecule has 3 rings (SSSR count). The number of pyridine rings is 1. The lowest BCUT2D eigenvalue weighted by molar-refractivity contribution is -0.123. The van der Waals surface area contributed by atoms with Crippen LogP contribution in [0.1, 0.15) is 22.7 Å². The van der Waals surface area contributed by atoms with Gasteiger partial charge in [-0.3, -0.25) is 9.78 Å². The first kappa shape index (κ1) is 14.6. The monoisotopic (exact) mass is 297 g/mol. The molecule has 1 aliphatic heterocycles. The van der Waals surface area contributed by atoms with Gasteiger partial charge in [-0.05, 0) is 35.7 Å². The number of hydrazine groups is 2. The van der Waals surface area contributed by atoms with E-state index >= 15 is 0 Å². The standard InChI is InChI=1S/C16H19N5O/c1-11-4-2-3-5-13(11)15(12-6-8-17-9-7-12)19-16(22)14-10-18-21-20-14/h2-9,14-15,18,20-21H,10H2,1H3,(H,19,22). The summed E-state index contributed by atoms with van der Waals surface area (Å²) in [6.45, 7) is 2.59. The van der Waals surface area contributed by atoms with Gasteiger partial charge in [-0.15, -0.1) is 0 Å². The zero-order valence-electron chi connectivity index (χ0n) is 12.3. The molecule has 1 aromatic heterocycles. The molecule has 2 aromatic rings. The highest BCUT2D eigenvalue weighted by atomic mass is 16.2. The summed E-state index contributed by atoms with van der Waals surface area (Å²) >= 11 is 0. The van der Waals surface area contributed by atoms with Crippen LogP contribution in [-0.4, -0.2) is 23.5 Å². The number of carbonyl (C=O) groups excluding carboxylic acids is 1. The lowest BCUT2D eigenvalue weighted by atomic mass is 9.95. The van der Waals surface area contributed by atoms with Crippen molar-refractivity contribution < 1.29 is 4.79 Å². The van der Waals surface area contributed by atoms with Crippen LogP contribution in [-0.2, 0) is 4.79 Å². The Hall–Kier alpha value is -2.28. The van der Waals surface area contributed by atoms with Gasteiger partial charge < -0.3 is 5.32 Å². The van der Waals surface area contributed by atoms with Crippen LogP contribution in [0.3, 0.4) is 0 Å². The number of carbonyl (C=O) groups is 1. The van der Waals surface area contributed by atoms with Crippen LogP contribution in [0.4, 0.5) is 0 Å². The van der Waals surface area contributed by atoms with Gasteiger partial charge in [-0.2, -0.15) is 5.53 Å². The molecule has 1 amide bonds. The van der Waals surface area contributed by atoms with Gasteiger partial charge in [0, 0.05) is 18.9 Å². The normalized spacial score (nSPS) is 18.9. The summed E-state index contributed by atoms with van der Waals surface area (Å²) in [4.78, 5) is 16.5. The molecule has 2 atom stereocenters. The summed E-state index contributed by atoms with van der Waals surface area (Å²) in [5.41, 5.74) is 11.8. The van der Waals surface area contributed by atoms with E-state index in [2.05, 4.69) is 26.7 Å². The third kappa shape index (κ3) is 3.14. The van der Waals surface area contributed by atoms with Crippen LogP contribution in [0.2, 0.25) is 0 Å². The molecule has 2 unspecified atom stereocenters. The Kier molecular flexibility index (Phi) is 4.43. The number of hydrogen-bond donors (Lipinski definition) is 4. The molecule has 22 heavy (non-hydrogen) atoms. The largest absolute Gasteiger partial charge is 0.344 e. The molecule has 114 valence electrons. The average molecular weight is 297 g/mol. The van der Waals surface area contributed by atoms with E-state index in [1.54, 1.807) is 12.4 Å². The van der Waals surface area contributed by atoms with E-state index in [0.717, 1.165) is 16.7 Å². The number of aryl methyl sites for hydroxylation is 1. The van der Waals surface area contributed by atoms with E-state index in [9.17, 15) is 4.79 Å². The maximum Gasteiger partial charge on any atom is 0.240 e. The quantitative estimate of drug-likeness (QED) is 0.664. The van der Waals surface area contributed by atoms with Crippen LogP contribution < -0.4 is 21.7 Å². The number of nitrogens with zero attached hydrogens (tertiary/aromatic N) is 1. The van der Waals surface area contributed by atoms with E-state index in [4.69, 9.17) is 0 Å². The van der Waals surface area contributed by atoms with Crippen molar-refractivity contribution in [2.24, 2.45) is 0 Å². The SMILES string of the molecule is Cc1ccccc1C(NC(=O)C1CNNN1)c1ccncc1. The fourth-order valence-corrected chi connectivity index (χ4v) is 2.55. The second-order valence-corrected chi connectivity index (χ2v) is 5.28. The van der Waals surface area contributed by atoms with E-state index in [1.807, 2.05) is 43.3 Å². The first-order chi connectivity index (χ1) is 10.8. The van der Waals surface area contributed by atoms with Crippen LogP contribution in [0, 0.1) is 6.92 Å². The fraction of sp³-hybridized carbons (Fsp3) is 0.250. The molecule has 2 heterocycles. The molecule has 0 radical (unpaired) electrons. The highest BCUT2D eigenvalue weighted by Crippen LogP contribution is 2.24. The minimum absolute atomic E-state index is 0.0532. The number of amides is 1. The first-order valence-corrected chi connectivity index (χ1v) is 7.25. The molecular weight excluding hydrogens is 278 g/mol. The summed E-state index contributed by atoms with van der Waals surface area (Å²) in [5.74, 6) is -0.0532. The Labute approximate surface area is 129 Å². The predicted octanol–water partition coefficient (Wildman–Crippen LogP) is 0.577. The number of aromatic nitrogens is 1. The highest BCUT2D eigenvalue weighted by molar-refractivity contribution is 5.83. The van der Waals surface area contributed by atoms with Crippen molar-refractivity contribution in [2.45, 2.75) is 19.0 Å². The summed E-state index contributed by atoms with van der Waals surface area (Å²) in [5, 5.41) is 3.12. The smallest absolute Gasteiger partial charge is 0.240 e. The molecule has 6 heteroatoms. The minimum atomic E-state index is -0.298. The van der Waals surface area contributed by atoms with Crippen molar-refractivity contribution in [1.29, 1.82) is 0 Å². The van der Waals surface area contributed by atoms with E-state index in [-0.39, 0.29) is 18.0 Å². The van der Waals surface area contributed by atoms with Crippen molar-refractivity contribution in [1.82, 2.24) is 26.7 Å². The predicted molar refractivity (Wildman–Crippen MR) is 83.5 cm³/mol. The van der Waals surface area contributed by atoms with Gasteiger partial charge in [0.1, 0.15) is 6.04 Å². The van der Waals surface area contributed by atoms with Crippen LogP contribution in [0.15, 0.2) is 48.8 Å². The second-order valence-electron chi connectivity index (χ2n) is 5.28. The molecule has 1 saturated heterocycles. The third-order valence-electron chi connectivity index (χ3n) is 3.78. The van der Waals surface area contributed by atoms with Crippen molar-refractivity contribution in [3.05, 3.63) is 65.5 Å². The zero-order chi connectivity index (χ0) is 15.4. The number of nitrogens with one attached hydrogen (secondary N) is 4. The van der Waals surface area contributed by atoms with Gasteiger partial charge in [0.15, 0.2) is 0 Å². The Balaban J connectivity index is 1.90. The molecule has 0 spiro atoms. The molecule has 1 aromatic carbocycles. The van der Waals surface area contributed by atoms with Crippen LogP contribution in [0.25, 0.3) is 0 Å². The van der Waals surface area contributed by atoms with Crippen LogP contribution in [0.5, 0.6) is 0 Å². The van der Waals surface area contributed by atoms with Gasteiger partial charge in [0.25, 0.3) is 0 Å². The van der Waals surface area contributed by atoms with Crippen molar-refractivity contribution in [2.75, 3.05) is 6.54 Å². The first-order valence-electron chi connectivity index (χ1n) is 7.25. The molecule has 4 N–H and O–H groups in total. The van der Waals surface area contributed by atoms with Gasteiger partial charge in [-0.25, -0.2) is 10.9 Å². The summed E-state index contributed by atoms with van der Waals surface area (Å²) in [6.07, 6.45) is 3.48. The summed E-state index contributed by atoms with van der Waals surface area (Å²) in [7, 11) is 0. The zero-order valence-corrected chi connectivity index (χ0v) is 12.3. The van der Waals surface area contributed by atoms with E-state index in [0.29, 0.717) is 6.54 Å². The van der Waals surface area contributed by atoms with E-state index in [1.165, 1.54) is 0 Å². The molecule has 0 aliphatic carbocycles. The Morgan fingerprint density at radius 3 is 2.73 bits per heavy atom. The van der Waals surface area contributed by atoms with Crippen molar-refractivity contribution in [3.63, 3.8) is 0 Å². The van der Waals surface area contributed by atoms with E-state index < -0.39 is 0 Å². The lowest BCUT2D eigenvalue weighted by Gasteiger charge is -2.23. The van der Waals surface area contributed by atoms with Crippen LogP contribution >= 0.6 is 0 Å². The number of hydrogen-bond acceptors (Lipinski definition) is 5. The third-order valence-corrected chi connectivity index (χ3v) is 3.78. The number of benzene rings is 1. The topological polar surface area (TPSA) is 78.1 Å². The molecule has 6 nitrogen and oxygen atoms in total. The maximum atomic E-state index is 12.4. The molecular formula is C16H19N5O. The molecule has 0 saturated carbocycles. The van der Waals surface area contributed by atoms with Gasteiger partial charge >= 0.3 is 0 Å². The van der Waals surface area contributed by atoms with Crippen molar-refractivity contribution >= 4 is 5.91 Å². The summed E-state index contributed by atoms with van der Waals surface area (Å²) < 4.78 is 0. The number of rotatable bonds is 4. The highest BCUT2D eigenvalue weighted by Gasteiger charge is 2.26. The molecule has 1 fully saturated rings. The Bertz CT molecular complexity index is 640. The lowest BCUT2D eigenvalue weighted by Crippen LogP contribution is -2.45. The molecule has 0 bridgehead atoms. The Morgan fingerprint density at radius 2 is 2.05 bits per heavy atom. The summed E-state index contributed by atoms with van der Waals surface area (Å²) in [6, 6.07) is 11.4.